The summed E-state index contributed by atoms with van der Waals surface area (Å²) in [6.45, 7) is 20.6. The van der Waals surface area contributed by atoms with Gasteiger partial charge in [0.15, 0.2) is 0 Å². The molecule has 1 fully saturated rings. The summed E-state index contributed by atoms with van der Waals surface area (Å²) in [7, 11) is -0.779. The molecule has 0 aromatic heterocycles. The van der Waals surface area contributed by atoms with Gasteiger partial charge in [-0.15, -0.1) is 6.58 Å². The van der Waals surface area contributed by atoms with Gasteiger partial charge in [-0.1, -0.05) is 26.8 Å². The van der Waals surface area contributed by atoms with Crippen LogP contribution >= 0.6 is 10.0 Å². The summed E-state index contributed by atoms with van der Waals surface area (Å²) in [6, 6.07) is -0.160. The first-order valence-corrected chi connectivity index (χ1v) is 12.9. The van der Waals surface area contributed by atoms with Crippen molar-refractivity contribution in [2.75, 3.05) is 29.8 Å². The maximum atomic E-state index is 13.0. The standard InChI is InChI=1S/C22H43NO4S/c1-10-14-15-19(25-17-28(11-2,12-3)13-4)18-16-26-22(8,9)23(18)20(24)27-21(5,6)7/h10,18-19H,1,11-17H2,2-9H3. The van der Waals surface area contributed by atoms with E-state index in [2.05, 4.69) is 27.4 Å². The van der Waals surface area contributed by atoms with E-state index < -0.39 is 21.4 Å². The first-order valence-electron chi connectivity index (χ1n) is 10.6. The van der Waals surface area contributed by atoms with Crippen molar-refractivity contribution in [3.05, 3.63) is 12.7 Å². The summed E-state index contributed by atoms with van der Waals surface area (Å²) in [5.41, 5.74) is -1.27. The number of amides is 1. The molecule has 166 valence electrons. The van der Waals surface area contributed by atoms with Gasteiger partial charge in [-0.2, -0.15) is 0 Å². The van der Waals surface area contributed by atoms with Crippen molar-refractivity contribution in [1.29, 1.82) is 0 Å². The molecule has 1 heterocycles. The summed E-state index contributed by atoms with van der Waals surface area (Å²) in [5.74, 6) is 4.27. The van der Waals surface area contributed by atoms with Crippen molar-refractivity contribution >= 4 is 16.1 Å². The predicted molar refractivity (Wildman–Crippen MR) is 120 cm³/mol. The Hall–Kier alpha value is -0.720. The zero-order valence-electron chi connectivity index (χ0n) is 19.4. The van der Waals surface area contributed by atoms with Crippen LogP contribution in [0.15, 0.2) is 12.7 Å². The summed E-state index contributed by atoms with van der Waals surface area (Å²) in [6.07, 6.45) is 3.14. The van der Waals surface area contributed by atoms with Crippen molar-refractivity contribution in [2.24, 2.45) is 0 Å². The lowest BCUT2D eigenvalue weighted by molar-refractivity contribution is -0.0708. The number of ether oxygens (including phenoxy) is 3. The Bertz CT molecular complexity index is 503. The molecule has 0 saturated carbocycles. The van der Waals surface area contributed by atoms with E-state index in [4.69, 9.17) is 14.2 Å². The topological polar surface area (TPSA) is 48.0 Å². The highest BCUT2D eigenvalue weighted by atomic mass is 32.3. The number of carbonyl (C=O) groups excluding carboxylic acids is 1. The molecule has 1 aliphatic rings. The fraction of sp³-hybridized carbons (Fsp3) is 0.864. The Kier molecular flexibility index (Phi) is 9.36. The second-order valence-electron chi connectivity index (χ2n) is 8.96. The van der Waals surface area contributed by atoms with Crippen LogP contribution < -0.4 is 0 Å². The van der Waals surface area contributed by atoms with Gasteiger partial charge in [0, 0.05) is 0 Å². The fourth-order valence-corrected chi connectivity index (χ4v) is 5.72. The monoisotopic (exact) mass is 417 g/mol. The molecule has 0 radical (unpaired) electrons. The Morgan fingerprint density at radius 3 is 2.32 bits per heavy atom. The summed E-state index contributed by atoms with van der Waals surface area (Å²) >= 11 is 0. The van der Waals surface area contributed by atoms with E-state index in [1.807, 2.05) is 40.7 Å². The molecule has 0 N–H and O–H groups in total. The lowest BCUT2D eigenvalue weighted by atomic mass is 10.0. The molecular formula is C22H43NO4S. The van der Waals surface area contributed by atoms with E-state index in [0.717, 1.165) is 36.0 Å². The minimum Gasteiger partial charge on any atom is -0.444 e. The van der Waals surface area contributed by atoms with Crippen molar-refractivity contribution < 1.29 is 19.0 Å². The highest BCUT2D eigenvalue weighted by Crippen LogP contribution is 2.47. The van der Waals surface area contributed by atoms with E-state index >= 15 is 0 Å². The first kappa shape index (κ1) is 25.3. The molecule has 6 heteroatoms. The van der Waals surface area contributed by atoms with Crippen LogP contribution in [0.5, 0.6) is 0 Å². The largest absolute Gasteiger partial charge is 0.444 e. The van der Waals surface area contributed by atoms with Crippen molar-refractivity contribution in [1.82, 2.24) is 4.90 Å². The highest BCUT2D eigenvalue weighted by molar-refractivity contribution is 8.33. The Morgan fingerprint density at radius 2 is 1.86 bits per heavy atom. The van der Waals surface area contributed by atoms with Crippen LogP contribution in [-0.4, -0.2) is 64.3 Å². The minimum atomic E-state index is -0.779. The average molecular weight is 418 g/mol. The van der Waals surface area contributed by atoms with Gasteiger partial charge in [0.25, 0.3) is 0 Å². The second kappa shape index (κ2) is 10.4. The molecule has 5 nitrogen and oxygen atoms in total. The molecule has 0 spiro atoms. The predicted octanol–water partition coefficient (Wildman–Crippen LogP) is 5.53. The smallest absolute Gasteiger partial charge is 0.412 e. The van der Waals surface area contributed by atoms with Gasteiger partial charge in [-0.05, 0) is 64.7 Å². The van der Waals surface area contributed by atoms with Crippen LogP contribution in [0.25, 0.3) is 0 Å². The number of rotatable bonds is 10. The average Bonchev–Trinajstić information content (AvgIpc) is 2.92. The summed E-state index contributed by atoms with van der Waals surface area (Å²) in [4.78, 5) is 14.7. The molecule has 0 aliphatic carbocycles. The number of allylic oxidation sites excluding steroid dienone is 1. The second-order valence-corrected chi connectivity index (χ2v) is 13.4. The maximum absolute atomic E-state index is 13.0. The van der Waals surface area contributed by atoms with Crippen LogP contribution in [0.4, 0.5) is 4.79 Å². The van der Waals surface area contributed by atoms with Crippen LogP contribution in [0.1, 0.15) is 68.2 Å². The quantitative estimate of drug-likeness (QED) is 0.438. The van der Waals surface area contributed by atoms with E-state index in [1.165, 1.54) is 0 Å². The van der Waals surface area contributed by atoms with Crippen LogP contribution in [0, 0.1) is 0 Å². The third-order valence-electron chi connectivity index (χ3n) is 5.56. The molecule has 1 amide bonds. The third-order valence-corrected chi connectivity index (χ3v) is 9.87. The zero-order chi connectivity index (χ0) is 21.6. The van der Waals surface area contributed by atoms with Crippen molar-refractivity contribution in [3.8, 4) is 0 Å². The maximum Gasteiger partial charge on any atom is 0.412 e. The summed E-state index contributed by atoms with van der Waals surface area (Å²) < 4.78 is 18.2. The van der Waals surface area contributed by atoms with Gasteiger partial charge >= 0.3 is 6.09 Å². The minimum absolute atomic E-state index is 0.0937. The van der Waals surface area contributed by atoms with E-state index in [1.54, 1.807) is 4.90 Å². The Balaban J connectivity index is 3.06. The Labute approximate surface area is 174 Å². The Morgan fingerprint density at radius 1 is 1.29 bits per heavy atom. The molecule has 2 atom stereocenters. The van der Waals surface area contributed by atoms with Gasteiger partial charge in [-0.25, -0.2) is 14.8 Å². The number of nitrogens with zero attached hydrogens (tertiary/aromatic N) is 1. The molecule has 1 rings (SSSR count). The van der Waals surface area contributed by atoms with Crippen molar-refractivity contribution in [2.45, 2.75) is 91.7 Å². The van der Waals surface area contributed by atoms with Crippen LogP contribution in [0.3, 0.4) is 0 Å². The van der Waals surface area contributed by atoms with Crippen LogP contribution in [0.2, 0.25) is 0 Å². The molecule has 1 saturated heterocycles. The highest BCUT2D eigenvalue weighted by Gasteiger charge is 2.49. The van der Waals surface area contributed by atoms with E-state index in [9.17, 15) is 4.79 Å². The third kappa shape index (κ3) is 6.67. The van der Waals surface area contributed by atoms with Gasteiger partial charge in [-0.3, -0.25) is 4.90 Å². The first-order chi connectivity index (χ1) is 12.9. The van der Waals surface area contributed by atoms with Crippen molar-refractivity contribution in [3.63, 3.8) is 0 Å². The van der Waals surface area contributed by atoms with E-state index in [0.29, 0.717) is 6.61 Å². The lowest BCUT2D eigenvalue weighted by Crippen LogP contribution is -2.54. The number of hydrogen-bond donors (Lipinski definition) is 0. The number of carbonyl (C=O) groups is 1. The lowest BCUT2D eigenvalue weighted by Gasteiger charge is -2.41. The van der Waals surface area contributed by atoms with Gasteiger partial charge in [0.2, 0.25) is 0 Å². The van der Waals surface area contributed by atoms with Gasteiger partial charge < -0.3 is 14.2 Å². The number of hydrogen-bond acceptors (Lipinski definition) is 4. The molecule has 1 aliphatic heterocycles. The molecule has 2 unspecified atom stereocenters. The molecule has 0 aromatic carbocycles. The molecule has 0 aromatic rings. The van der Waals surface area contributed by atoms with Crippen LogP contribution in [-0.2, 0) is 14.2 Å². The molecule has 28 heavy (non-hydrogen) atoms. The normalized spacial score (nSPS) is 21.4. The molecule has 0 bridgehead atoms. The van der Waals surface area contributed by atoms with E-state index in [-0.39, 0.29) is 18.2 Å². The molecular weight excluding hydrogens is 374 g/mol. The fourth-order valence-electron chi connectivity index (χ4n) is 3.54. The zero-order valence-corrected chi connectivity index (χ0v) is 20.2. The SMILES string of the molecule is C=CCCC(OCS(CC)(CC)CC)C1COC(C)(C)N1C(=O)OC(C)(C)C. The van der Waals surface area contributed by atoms with Gasteiger partial charge in [0.05, 0.1) is 24.7 Å². The van der Waals surface area contributed by atoms with Gasteiger partial charge in [0.1, 0.15) is 11.3 Å². The summed E-state index contributed by atoms with van der Waals surface area (Å²) in [5, 5.41) is 0.